The van der Waals surface area contributed by atoms with E-state index in [9.17, 15) is 0 Å². The van der Waals surface area contributed by atoms with Gasteiger partial charge < -0.3 is 14.6 Å². The number of oxime groups is 1. The molecule has 0 fully saturated rings. The van der Waals surface area contributed by atoms with Crippen LogP contribution >= 0.6 is 46.4 Å². The third kappa shape index (κ3) is 7.43. The SMILES string of the molecule is Clc1ccc(O/N=C(/Cn2ccnc2)c2ccc(Cl)cc2Cl)c(Cl)c1.O=[N+]([O-])O. The molecule has 3 aromatic rings. The summed E-state index contributed by atoms with van der Waals surface area (Å²) in [6.45, 7) is 0.409. The molecule has 12 heteroatoms. The van der Waals surface area contributed by atoms with Gasteiger partial charge in [-0.15, -0.1) is 10.1 Å². The summed E-state index contributed by atoms with van der Waals surface area (Å²) in [7, 11) is 0. The normalized spacial score (nSPS) is 10.8. The molecule has 0 spiro atoms. The van der Waals surface area contributed by atoms with Crippen molar-refractivity contribution < 1.29 is 15.1 Å². The Bertz CT molecular complexity index is 1010. The molecule has 29 heavy (non-hydrogen) atoms. The number of aromatic nitrogens is 2. The summed E-state index contributed by atoms with van der Waals surface area (Å²) in [6, 6.07) is 10.1. The molecule has 1 heterocycles. The fourth-order valence-electron chi connectivity index (χ4n) is 2.09. The van der Waals surface area contributed by atoms with Gasteiger partial charge in [0.15, 0.2) is 5.75 Å². The minimum atomic E-state index is -1.50. The Morgan fingerprint density at radius 3 is 2.31 bits per heavy atom. The van der Waals surface area contributed by atoms with E-state index in [4.69, 9.17) is 66.6 Å². The Kier molecular flexibility index (Phi) is 8.53. The molecule has 0 aliphatic heterocycles. The summed E-state index contributed by atoms with van der Waals surface area (Å²) in [4.78, 5) is 17.9. The number of hydrogen-bond acceptors (Lipinski definition) is 5. The van der Waals surface area contributed by atoms with E-state index in [1.54, 1.807) is 48.9 Å². The number of nitrogens with zero attached hydrogens (tertiary/aromatic N) is 4. The Morgan fingerprint density at radius 1 is 1.14 bits per heavy atom. The Morgan fingerprint density at radius 2 is 1.76 bits per heavy atom. The van der Waals surface area contributed by atoms with Gasteiger partial charge in [-0.1, -0.05) is 51.6 Å². The van der Waals surface area contributed by atoms with Gasteiger partial charge in [0, 0.05) is 28.0 Å². The van der Waals surface area contributed by atoms with Crippen LogP contribution in [-0.2, 0) is 6.54 Å². The van der Waals surface area contributed by atoms with E-state index in [-0.39, 0.29) is 0 Å². The highest BCUT2D eigenvalue weighted by atomic mass is 35.5. The van der Waals surface area contributed by atoms with Crippen LogP contribution < -0.4 is 4.84 Å². The van der Waals surface area contributed by atoms with Crippen LogP contribution in [0, 0.1) is 10.1 Å². The van der Waals surface area contributed by atoms with Gasteiger partial charge in [-0.3, -0.25) is 0 Å². The molecule has 0 radical (unpaired) electrons. The lowest BCUT2D eigenvalue weighted by molar-refractivity contribution is -0.742. The molecule has 0 saturated heterocycles. The van der Waals surface area contributed by atoms with Crippen molar-refractivity contribution in [1.29, 1.82) is 0 Å². The highest BCUT2D eigenvalue weighted by Crippen LogP contribution is 2.28. The second-order valence-electron chi connectivity index (χ2n) is 5.30. The summed E-state index contributed by atoms with van der Waals surface area (Å²) < 4.78 is 1.84. The van der Waals surface area contributed by atoms with Crippen molar-refractivity contribution in [3.05, 3.63) is 90.9 Å². The second-order valence-corrected chi connectivity index (χ2v) is 6.99. The number of rotatable bonds is 5. The van der Waals surface area contributed by atoms with Crippen LogP contribution in [0.2, 0.25) is 20.1 Å². The molecular formula is C17H12Cl4N4O4. The second kappa shape index (κ2) is 10.9. The molecule has 0 saturated carbocycles. The molecule has 0 aliphatic carbocycles. The molecule has 8 nitrogen and oxygen atoms in total. The zero-order valence-corrected chi connectivity index (χ0v) is 17.4. The zero-order chi connectivity index (χ0) is 21.4. The fourth-order valence-corrected chi connectivity index (χ4v) is 3.05. The number of hydrogen-bond donors (Lipinski definition) is 1. The van der Waals surface area contributed by atoms with Gasteiger partial charge in [0.2, 0.25) is 0 Å². The molecule has 1 N–H and O–H groups in total. The molecule has 152 valence electrons. The van der Waals surface area contributed by atoms with Gasteiger partial charge in [-0.2, -0.15) is 0 Å². The summed E-state index contributed by atoms with van der Waals surface area (Å²) in [5.74, 6) is 0.388. The Hall–Kier alpha value is -2.52. The van der Waals surface area contributed by atoms with Crippen LogP contribution in [0.1, 0.15) is 5.56 Å². The molecular weight excluding hydrogens is 466 g/mol. The summed E-state index contributed by atoms with van der Waals surface area (Å²) in [5.41, 5.74) is 1.29. The highest BCUT2D eigenvalue weighted by molar-refractivity contribution is 6.37. The van der Waals surface area contributed by atoms with Crippen molar-refractivity contribution in [3.8, 4) is 5.75 Å². The lowest BCUT2D eigenvalue weighted by Crippen LogP contribution is -2.12. The molecule has 0 bridgehead atoms. The first-order valence-corrected chi connectivity index (χ1v) is 9.21. The van der Waals surface area contributed by atoms with Crippen LogP contribution in [0.25, 0.3) is 0 Å². The maximum Gasteiger partial charge on any atom is 0.291 e. The van der Waals surface area contributed by atoms with Crippen molar-refractivity contribution in [1.82, 2.24) is 9.55 Å². The molecule has 1 aromatic heterocycles. The van der Waals surface area contributed by atoms with Gasteiger partial charge >= 0.3 is 0 Å². The van der Waals surface area contributed by atoms with E-state index in [2.05, 4.69) is 10.1 Å². The lowest BCUT2D eigenvalue weighted by atomic mass is 10.1. The maximum atomic E-state index is 8.36. The topological polar surface area (TPSA) is 103 Å². The van der Waals surface area contributed by atoms with Gasteiger partial charge in [0.1, 0.15) is 5.71 Å². The van der Waals surface area contributed by atoms with E-state index < -0.39 is 5.09 Å². The largest absolute Gasteiger partial charge is 0.355 e. The Labute approximate surface area is 184 Å². The average molecular weight is 478 g/mol. The van der Waals surface area contributed by atoms with Crippen LogP contribution in [0.3, 0.4) is 0 Å². The van der Waals surface area contributed by atoms with E-state index in [1.807, 2.05) is 10.8 Å². The lowest BCUT2D eigenvalue weighted by Gasteiger charge is -2.10. The van der Waals surface area contributed by atoms with Crippen molar-refractivity contribution in [2.24, 2.45) is 5.16 Å². The third-order valence-corrected chi connectivity index (χ3v) is 4.36. The fraction of sp³-hybridized carbons (Fsp3) is 0.0588. The van der Waals surface area contributed by atoms with Gasteiger partial charge in [0.25, 0.3) is 5.09 Å². The molecule has 3 rings (SSSR count). The van der Waals surface area contributed by atoms with Crippen molar-refractivity contribution in [2.45, 2.75) is 6.54 Å². The predicted octanol–water partition coefficient (Wildman–Crippen LogP) is 5.63. The van der Waals surface area contributed by atoms with Crippen molar-refractivity contribution >= 4 is 52.1 Å². The summed E-state index contributed by atoms with van der Waals surface area (Å²) in [6.07, 6.45) is 5.17. The van der Waals surface area contributed by atoms with Crippen molar-refractivity contribution in [3.63, 3.8) is 0 Å². The molecule has 2 aromatic carbocycles. The summed E-state index contributed by atoms with van der Waals surface area (Å²) in [5, 5.41) is 19.8. The van der Waals surface area contributed by atoms with Crippen LogP contribution in [0.4, 0.5) is 0 Å². The number of imidazole rings is 1. The van der Waals surface area contributed by atoms with Crippen molar-refractivity contribution in [2.75, 3.05) is 0 Å². The van der Waals surface area contributed by atoms with Gasteiger partial charge in [0.05, 0.1) is 22.9 Å². The number of halogens is 4. The minimum Gasteiger partial charge on any atom is -0.355 e. The standard InChI is InChI=1S/C17H11Cl4N3O.HNO3/c18-11-1-3-13(14(20)7-11)16(9-24-6-5-22-10-24)23-25-17-4-2-12(19)8-15(17)21;2-1(3)4/h1-8,10H,9H2;(H,2,3,4)/b23-16-;. The van der Waals surface area contributed by atoms with Gasteiger partial charge in [-0.25, -0.2) is 4.98 Å². The maximum absolute atomic E-state index is 8.36. The first-order chi connectivity index (χ1) is 13.8. The highest BCUT2D eigenvalue weighted by Gasteiger charge is 2.12. The first kappa shape index (κ1) is 22.8. The smallest absolute Gasteiger partial charge is 0.291 e. The number of benzene rings is 2. The predicted molar refractivity (Wildman–Crippen MR) is 111 cm³/mol. The third-order valence-electron chi connectivity index (χ3n) is 3.28. The average Bonchev–Trinajstić information content (AvgIpc) is 3.13. The van der Waals surface area contributed by atoms with Crippen LogP contribution in [0.5, 0.6) is 5.75 Å². The van der Waals surface area contributed by atoms with Crippen LogP contribution in [0.15, 0.2) is 60.3 Å². The monoisotopic (exact) mass is 476 g/mol. The zero-order valence-electron chi connectivity index (χ0n) is 14.4. The quantitative estimate of drug-likeness (QED) is 0.291. The molecule has 0 unspecified atom stereocenters. The van der Waals surface area contributed by atoms with Gasteiger partial charge in [-0.05, 0) is 36.4 Å². The minimum absolute atomic E-state index is 0.362. The van der Waals surface area contributed by atoms with E-state index in [1.165, 1.54) is 0 Å². The first-order valence-electron chi connectivity index (χ1n) is 7.69. The van der Waals surface area contributed by atoms with E-state index in [0.717, 1.165) is 0 Å². The Balaban J connectivity index is 0.000000687. The summed E-state index contributed by atoms with van der Waals surface area (Å²) >= 11 is 24.3. The molecule has 0 amide bonds. The van der Waals surface area contributed by atoms with E-state index >= 15 is 0 Å². The van der Waals surface area contributed by atoms with E-state index in [0.29, 0.717) is 43.7 Å². The molecule has 0 atom stereocenters. The molecule has 0 aliphatic rings. The van der Waals surface area contributed by atoms with Crippen LogP contribution in [-0.4, -0.2) is 25.6 Å².